The van der Waals surface area contributed by atoms with Crippen molar-refractivity contribution in [2.24, 2.45) is 5.73 Å². The summed E-state index contributed by atoms with van der Waals surface area (Å²) in [5, 5.41) is 6.89. The van der Waals surface area contributed by atoms with Crippen LogP contribution in [0.2, 0.25) is 0 Å². The van der Waals surface area contributed by atoms with Crippen molar-refractivity contribution in [1.82, 2.24) is 10.2 Å². The molecule has 0 saturated heterocycles. The minimum absolute atomic E-state index is 0.0156. The normalized spacial score (nSPS) is 11.8. The van der Waals surface area contributed by atoms with Crippen LogP contribution in [0.3, 0.4) is 0 Å². The zero-order chi connectivity index (χ0) is 13.3. The van der Waals surface area contributed by atoms with E-state index in [2.05, 4.69) is 10.2 Å². The Hall–Kier alpha value is -1.96. The number of nitrogens with zero attached hydrogens (tertiary/aromatic N) is 2. The Labute approximate surface area is 98.4 Å². The summed E-state index contributed by atoms with van der Waals surface area (Å²) in [5.74, 6) is -1.77. The molecule has 0 radical (unpaired) electrons. The molecule has 1 heterocycles. The van der Waals surface area contributed by atoms with Gasteiger partial charge in [0.1, 0.15) is 5.82 Å². The highest BCUT2D eigenvalue weighted by molar-refractivity contribution is 5.55. The summed E-state index contributed by atoms with van der Waals surface area (Å²) in [6.45, 7) is -0.0758. The lowest BCUT2D eigenvalue weighted by Crippen LogP contribution is -2.08. The third-order valence-corrected chi connectivity index (χ3v) is 2.18. The van der Waals surface area contributed by atoms with E-state index in [1.54, 1.807) is 0 Å². The maximum absolute atomic E-state index is 13.7. The number of hydrogen-bond acceptors (Lipinski definition) is 4. The molecule has 0 spiro atoms. The van der Waals surface area contributed by atoms with Crippen molar-refractivity contribution in [3.05, 3.63) is 35.5 Å². The van der Waals surface area contributed by atoms with Gasteiger partial charge in [-0.15, -0.1) is 10.2 Å². The first-order chi connectivity index (χ1) is 8.43. The minimum atomic E-state index is -4.78. The van der Waals surface area contributed by atoms with E-state index in [1.807, 2.05) is 0 Å². The summed E-state index contributed by atoms with van der Waals surface area (Å²) in [6, 6.07) is 2.82. The van der Waals surface area contributed by atoms with Gasteiger partial charge in [-0.1, -0.05) is 6.07 Å². The molecule has 2 N–H and O–H groups in total. The van der Waals surface area contributed by atoms with Crippen molar-refractivity contribution >= 4 is 0 Å². The Kier molecular flexibility index (Phi) is 3.04. The number of aromatic nitrogens is 2. The lowest BCUT2D eigenvalue weighted by atomic mass is 10.1. The number of rotatable bonds is 2. The van der Waals surface area contributed by atoms with Gasteiger partial charge in [0.15, 0.2) is 0 Å². The monoisotopic (exact) mass is 261 g/mol. The summed E-state index contributed by atoms with van der Waals surface area (Å²) in [4.78, 5) is 0. The van der Waals surface area contributed by atoms with Gasteiger partial charge in [0, 0.05) is 0 Å². The molecule has 0 aliphatic carbocycles. The Morgan fingerprint density at radius 3 is 2.50 bits per heavy atom. The first-order valence-corrected chi connectivity index (χ1v) is 4.82. The molecule has 0 aliphatic heterocycles. The van der Waals surface area contributed by atoms with Crippen molar-refractivity contribution in [2.45, 2.75) is 12.7 Å². The molecule has 0 unspecified atom stereocenters. The van der Waals surface area contributed by atoms with Crippen molar-refractivity contribution < 1.29 is 22.0 Å². The molecular weight excluding hydrogens is 254 g/mol. The van der Waals surface area contributed by atoms with Crippen LogP contribution in [0.15, 0.2) is 22.6 Å². The first kappa shape index (κ1) is 12.5. The molecule has 8 heteroatoms. The lowest BCUT2D eigenvalue weighted by Gasteiger charge is -2.08. The molecule has 0 saturated carbocycles. The van der Waals surface area contributed by atoms with Crippen LogP contribution in [-0.4, -0.2) is 10.2 Å². The Morgan fingerprint density at radius 1 is 1.22 bits per heavy atom. The largest absolute Gasteiger partial charge is 0.419 e. The van der Waals surface area contributed by atoms with Crippen LogP contribution in [0.25, 0.3) is 11.5 Å². The molecule has 0 aliphatic rings. The Bertz CT molecular complexity index is 564. The van der Waals surface area contributed by atoms with E-state index in [4.69, 9.17) is 10.2 Å². The average Bonchev–Trinajstić information content (AvgIpc) is 2.76. The highest BCUT2D eigenvalue weighted by Gasteiger charge is 2.35. The van der Waals surface area contributed by atoms with E-state index in [9.17, 15) is 17.6 Å². The summed E-state index contributed by atoms with van der Waals surface area (Å²) >= 11 is 0. The quantitative estimate of drug-likeness (QED) is 0.843. The first-order valence-electron chi connectivity index (χ1n) is 4.82. The Morgan fingerprint density at radius 2 is 1.94 bits per heavy atom. The summed E-state index contributed by atoms with van der Waals surface area (Å²) in [6.07, 6.45) is -4.78. The van der Waals surface area contributed by atoms with Gasteiger partial charge in [0.25, 0.3) is 5.89 Å². The molecule has 1 aromatic heterocycles. The van der Waals surface area contributed by atoms with Crippen LogP contribution < -0.4 is 5.73 Å². The average molecular weight is 261 g/mol. The molecule has 18 heavy (non-hydrogen) atoms. The van der Waals surface area contributed by atoms with E-state index in [0.29, 0.717) is 6.07 Å². The third-order valence-electron chi connectivity index (χ3n) is 2.18. The van der Waals surface area contributed by atoms with Gasteiger partial charge in [-0.3, -0.25) is 0 Å². The standard InChI is InChI=1S/C10H7F4N3O/c11-8-5(9-17-16-7(4-15)18-9)2-1-3-6(8)10(12,13)14/h1-3H,4,15H2. The predicted octanol–water partition coefficient (Wildman–Crippen LogP) is 2.35. The molecule has 0 bridgehead atoms. The molecule has 1 aromatic carbocycles. The van der Waals surface area contributed by atoms with Crippen LogP contribution in [0.1, 0.15) is 11.5 Å². The molecule has 0 fully saturated rings. The number of halogens is 4. The zero-order valence-corrected chi connectivity index (χ0v) is 8.83. The number of alkyl halides is 3. The molecule has 96 valence electrons. The number of hydrogen-bond donors (Lipinski definition) is 1. The van der Waals surface area contributed by atoms with E-state index < -0.39 is 23.1 Å². The van der Waals surface area contributed by atoms with Crippen LogP contribution in [0, 0.1) is 5.82 Å². The fourth-order valence-electron chi connectivity index (χ4n) is 1.36. The van der Waals surface area contributed by atoms with Gasteiger partial charge < -0.3 is 10.2 Å². The fourth-order valence-corrected chi connectivity index (χ4v) is 1.36. The van der Waals surface area contributed by atoms with Crippen molar-refractivity contribution in [3.63, 3.8) is 0 Å². The van der Waals surface area contributed by atoms with E-state index in [1.165, 1.54) is 0 Å². The van der Waals surface area contributed by atoms with Gasteiger partial charge in [0.05, 0.1) is 17.7 Å². The van der Waals surface area contributed by atoms with Gasteiger partial charge >= 0.3 is 6.18 Å². The topological polar surface area (TPSA) is 64.9 Å². The lowest BCUT2D eigenvalue weighted by molar-refractivity contribution is -0.139. The van der Waals surface area contributed by atoms with Crippen molar-refractivity contribution in [3.8, 4) is 11.5 Å². The number of nitrogens with two attached hydrogens (primary N) is 1. The van der Waals surface area contributed by atoms with Gasteiger partial charge in [-0.25, -0.2) is 4.39 Å². The van der Waals surface area contributed by atoms with Crippen LogP contribution in [0.5, 0.6) is 0 Å². The van der Waals surface area contributed by atoms with Crippen LogP contribution in [-0.2, 0) is 12.7 Å². The highest BCUT2D eigenvalue weighted by atomic mass is 19.4. The minimum Gasteiger partial charge on any atom is -0.419 e. The molecule has 4 nitrogen and oxygen atoms in total. The van der Waals surface area contributed by atoms with Gasteiger partial charge in [-0.2, -0.15) is 13.2 Å². The SMILES string of the molecule is NCc1nnc(-c2cccc(C(F)(F)F)c2F)o1. The smallest absolute Gasteiger partial charge is 0.419 e. The van der Waals surface area contributed by atoms with Crippen molar-refractivity contribution in [2.75, 3.05) is 0 Å². The van der Waals surface area contributed by atoms with Crippen LogP contribution in [0.4, 0.5) is 17.6 Å². The number of benzene rings is 1. The maximum Gasteiger partial charge on any atom is 0.419 e. The van der Waals surface area contributed by atoms with Gasteiger partial charge in [-0.05, 0) is 12.1 Å². The Balaban J connectivity index is 2.52. The van der Waals surface area contributed by atoms with Gasteiger partial charge in [0.2, 0.25) is 5.89 Å². The zero-order valence-electron chi connectivity index (χ0n) is 8.83. The molecule has 2 aromatic rings. The van der Waals surface area contributed by atoms with E-state index in [-0.39, 0.29) is 18.3 Å². The predicted molar refractivity (Wildman–Crippen MR) is 52.6 cm³/mol. The second-order valence-corrected chi connectivity index (χ2v) is 3.37. The molecular formula is C10H7F4N3O. The van der Waals surface area contributed by atoms with Crippen LogP contribution >= 0.6 is 0 Å². The second kappa shape index (κ2) is 4.37. The maximum atomic E-state index is 13.7. The highest BCUT2D eigenvalue weighted by Crippen LogP contribution is 2.34. The molecule has 0 atom stereocenters. The van der Waals surface area contributed by atoms with Crippen molar-refractivity contribution in [1.29, 1.82) is 0 Å². The van der Waals surface area contributed by atoms with E-state index >= 15 is 0 Å². The summed E-state index contributed by atoms with van der Waals surface area (Å²) in [5.41, 5.74) is 3.42. The van der Waals surface area contributed by atoms with E-state index in [0.717, 1.165) is 12.1 Å². The third kappa shape index (κ3) is 2.19. The fraction of sp³-hybridized carbons (Fsp3) is 0.200. The summed E-state index contributed by atoms with van der Waals surface area (Å²) in [7, 11) is 0. The summed E-state index contributed by atoms with van der Waals surface area (Å²) < 4.78 is 56.1. The molecule has 2 rings (SSSR count). The molecule has 0 amide bonds. The second-order valence-electron chi connectivity index (χ2n) is 3.37.